The highest BCUT2D eigenvalue weighted by Gasteiger charge is 2.20. The number of ether oxygens (including phenoxy) is 1. The van der Waals surface area contributed by atoms with Gasteiger partial charge in [-0.15, -0.1) is 0 Å². The summed E-state index contributed by atoms with van der Waals surface area (Å²) in [6, 6.07) is 6.24. The van der Waals surface area contributed by atoms with Gasteiger partial charge in [0.15, 0.2) is 11.6 Å². The highest BCUT2D eigenvalue weighted by molar-refractivity contribution is 5.78. The fourth-order valence-electron chi connectivity index (χ4n) is 2.12. The van der Waals surface area contributed by atoms with Gasteiger partial charge in [-0.05, 0) is 31.5 Å². The van der Waals surface area contributed by atoms with Crippen LogP contribution in [-0.4, -0.2) is 32.1 Å². The van der Waals surface area contributed by atoms with Crippen molar-refractivity contribution >= 4 is 5.91 Å². The van der Waals surface area contributed by atoms with Gasteiger partial charge in [-0.1, -0.05) is 12.1 Å². The molecule has 0 spiro atoms. The first-order valence-electron chi connectivity index (χ1n) is 6.63. The number of rotatable bonds is 5. The summed E-state index contributed by atoms with van der Waals surface area (Å²) < 4.78 is 18.5. The molecule has 5 heteroatoms. The van der Waals surface area contributed by atoms with Crippen molar-refractivity contribution < 1.29 is 13.9 Å². The lowest BCUT2D eigenvalue weighted by atomic mass is 9.99. The summed E-state index contributed by atoms with van der Waals surface area (Å²) >= 11 is 0. The lowest BCUT2D eigenvalue weighted by Crippen LogP contribution is -2.41. The Morgan fingerprint density at radius 3 is 3.05 bits per heavy atom. The van der Waals surface area contributed by atoms with Crippen molar-refractivity contribution in [1.82, 2.24) is 10.6 Å². The van der Waals surface area contributed by atoms with E-state index in [9.17, 15) is 9.18 Å². The highest BCUT2D eigenvalue weighted by atomic mass is 19.1. The van der Waals surface area contributed by atoms with Crippen LogP contribution in [0.4, 0.5) is 4.39 Å². The van der Waals surface area contributed by atoms with Gasteiger partial charge in [-0.3, -0.25) is 4.79 Å². The van der Waals surface area contributed by atoms with Gasteiger partial charge in [0.25, 0.3) is 0 Å². The van der Waals surface area contributed by atoms with Crippen LogP contribution >= 0.6 is 0 Å². The fraction of sp³-hybridized carbons (Fsp3) is 0.500. The number of para-hydroxylation sites is 1. The molecule has 1 unspecified atom stereocenters. The van der Waals surface area contributed by atoms with Crippen LogP contribution in [0, 0.1) is 11.7 Å². The summed E-state index contributed by atoms with van der Waals surface area (Å²) in [7, 11) is 0. The van der Waals surface area contributed by atoms with E-state index in [0.717, 1.165) is 25.9 Å². The van der Waals surface area contributed by atoms with Crippen molar-refractivity contribution in [3.8, 4) is 5.75 Å². The Balaban J connectivity index is 1.66. The molecule has 0 bridgehead atoms. The number of hydrogen-bond acceptors (Lipinski definition) is 3. The Morgan fingerprint density at radius 2 is 2.32 bits per heavy atom. The van der Waals surface area contributed by atoms with Gasteiger partial charge in [-0.2, -0.15) is 0 Å². The predicted molar refractivity (Wildman–Crippen MR) is 70.5 cm³/mol. The molecular weight excluding hydrogens is 247 g/mol. The normalized spacial score (nSPS) is 18.9. The molecule has 4 nitrogen and oxygen atoms in total. The number of nitrogens with one attached hydrogen (secondary N) is 2. The summed E-state index contributed by atoms with van der Waals surface area (Å²) in [5.41, 5.74) is 0. The number of hydrogen-bond donors (Lipinski definition) is 2. The topological polar surface area (TPSA) is 50.4 Å². The minimum atomic E-state index is -0.384. The van der Waals surface area contributed by atoms with Crippen LogP contribution in [-0.2, 0) is 4.79 Å². The van der Waals surface area contributed by atoms with Crippen LogP contribution in [0.1, 0.15) is 12.8 Å². The maximum absolute atomic E-state index is 13.2. The van der Waals surface area contributed by atoms with E-state index in [-0.39, 0.29) is 30.0 Å². The third-order valence-electron chi connectivity index (χ3n) is 3.16. The minimum Gasteiger partial charge on any atom is -0.489 e. The third kappa shape index (κ3) is 4.21. The lowest BCUT2D eigenvalue weighted by molar-refractivity contribution is -0.125. The third-order valence-corrected chi connectivity index (χ3v) is 3.16. The standard InChI is InChI=1S/C14H19FN2O2/c15-12-5-1-2-6-13(12)19-9-8-17-14(18)11-4-3-7-16-10-11/h1-2,5-6,11,16H,3-4,7-10H2,(H,17,18). The molecule has 0 aromatic heterocycles. The molecule has 1 aromatic carbocycles. The summed E-state index contributed by atoms with van der Waals surface area (Å²) in [5, 5.41) is 6.01. The smallest absolute Gasteiger partial charge is 0.224 e. The molecule has 1 aromatic rings. The average Bonchev–Trinajstić information content (AvgIpc) is 2.46. The fourth-order valence-corrected chi connectivity index (χ4v) is 2.12. The van der Waals surface area contributed by atoms with Gasteiger partial charge in [0.05, 0.1) is 12.5 Å². The zero-order valence-corrected chi connectivity index (χ0v) is 10.8. The molecule has 1 saturated heterocycles. The summed E-state index contributed by atoms with van der Waals surface area (Å²) in [6.07, 6.45) is 1.96. The summed E-state index contributed by atoms with van der Waals surface area (Å²) in [4.78, 5) is 11.8. The quantitative estimate of drug-likeness (QED) is 0.790. The molecule has 1 atom stereocenters. The second kappa shape index (κ2) is 7.09. The molecule has 1 heterocycles. The molecule has 1 amide bonds. The summed E-state index contributed by atoms with van der Waals surface area (Å²) in [6.45, 7) is 2.39. The van der Waals surface area contributed by atoms with Crippen LogP contribution in [0.25, 0.3) is 0 Å². The monoisotopic (exact) mass is 266 g/mol. The second-order valence-electron chi connectivity index (χ2n) is 4.61. The van der Waals surface area contributed by atoms with E-state index in [4.69, 9.17) is 4.74 Å². The maximum Gasteiger partial charge on any atom is 0.224 e. The van der Waals surface area contributed by atoms with Gasteiger partial charge < -0.3 is 15.4 Å². The van der Waals surface area contributed by atoms with Gasteiger partial charge in [0.2, 0.25) is 5.91 Å². The van der Waals surface area contributed by atoms with Crippen molar-refractivity contribution in [2.24, 2.45) is 5.92 Å². The number of piperidine rings is 1. The molecule has 1 aliphatic heterocycles. The molecule has 104 valence electrons. The van der Waals surface area contributed by atoms with Crippen molar-refractivity contribution in [2.75, 3.05) is 26.2 Å². The zero-order valence-electron chi connectivity index (χ0n) is 10.8. The number of amides is 1. The van der Waals surface area contributed by atoms with E-state index in [1.165, 1.54) is 6.07 Å². The van der Waals surface area contributed by atoms with E-state index in [1.807, 2.05) is 0 Å². The zero-order chi connectivity index (χ0) is 13.5. The second-order valence-corrected chi connectivity index (χ2v) is 4.61. The van der Waals surface area contributed by atoms with Crippen LogP contribution in [0.5, 0.6) is 5.75 Å². The van der Waals surface area contributed by atoms with E-state index in [2.05, 4.69) is 10.6 Å². The molecule has 0 saturated carbocycles. The largest absolute Gasteiger partial charge is 0.489 e. The van der Waals surface area contributed by atoms with Gasteiger partial charge in [0, 0.05) is 6.54 Å². The number of halogens is 1. The first kappa shape index (κ1) is 13.8. The van der Waals surface area contributed by atoms with Crippen molar-refractivity contribution in [3.05, 3.63) is 30.1 Å². The molecule has 19 heavy (non-hydrogen) atoms. The predicted octanol–water partition coefficient (Wildman–Crippen LogP) is 1.32. The molecule has 0 radical (unpaired) electrons. The Morgan fingerprint density at radius 1 is 1.47 bits per heavy atom. The molecule has 1 fully saturated rings. The number of carbonyl (C=O) groups is 1. The molecular formula is C14H19FN2O2. The first-order chi connectivity index (χ1) is 9.27. The van der Waals surface area contributed by atoms with Gasteiger partial charge in [0.1, 0.15) is 6.61 Å². The van der Waals surface area contributed by atoms with Crippen LogP contribution in [0.2, 0.25) is 0 Å². The van der Waals surface area contributed by atoms with E-state index in [0.29, 0.717) is 6.54 Å². The van der Waals surface area contributed by atoms with E-state index >= 15 is 0 Å². The Kier molecular flexibility index (Phi) is 5.15. The SMILES string of the molecule is O=C(NCCOc1ccccc1F)C1CCCNC1. The molecule has 2 rings (SSSR count). The Labute approximate surface area is 112 Å². The van der Waals surface area contributed by atoms with E-state index < -0.39 is 0 Å². The Bertz CT molecular complexity index is 420. The molecule has 2 N–H and O–H groups in total. The lowest BCUT2D eigenvalue weighted by Gasteiger charge is -2.21. The first-order valence-corrected chi connectivity index (χ1v) is 6.63. The van der Waals surface area contributed by atoms with Crippen molar-refractivity contribution in [2.45, 2.75) is 12.8 Å². The van der Waals surface area contributed by atoms with Crippen LogP contribution < -0.4 is 15.4 Å². The van der Waals surface area contributed by atoms with E-state index in [1.54, 1.807) is 18.2 Å². The average molecular weight is 266 g/mol. The van der Waals surface area contributed by atoms with Crippen molar-refractivity contribution in [1.29, 1.82) is 0 Å². The van der Waals surface area contributed by atoms with Crippen LogP contribution in [0.15, 0.2) is 24.3 Å². The summed E-state index contributed by atoms with van der Waals surface area (Å²) in [5.74, 6) is -0.0760. The molecule has 1 aliphatic rings. The van der Waals surface area contributed by atoms with Gasteiger partial charge >= 0.3 is 0 Å². The van der Waals surface area contributed by atoms with Crippen LogP contribution in [0.3, 0.4) is 0 Å². The number of benzene rings is 1. The number of carbonyl (C=O) groups excluding carboxylic acids is 1. The molecule has 0 aliphatic carbocycles. The van der Waals surface area contributed by atoms with Gasteiger partial charge in [-0.25, -0.2) is 4.39 Å². The van der Waals surface area contributed by atoms with Crippen molar-refractivity contribution in [3.63, 3.8) is 0 Å². The highest BCUT2D eigenvalue weighted by Crippen LogP contribution is 2.14. The Hall–Kier alpha value is -1.62. The minimum absolute atomic E-state index is 0.0437. The maximum atomic E-state index is 13.2.